The third-order valence-corrected chi connectivity index (χ3v) is 5.45. The first-order valence-corrected chi connectivity index (χ1v) is 9.87. The number of pyridine rings is 1. The zero-order chi connectivity index (χ0) is 20.8. The van der Waals surface area contributed by atoms with Crippen LogP contribution in [0.5, 0.6) is 0 Å². The van der Waals surface area contributed by atoms with Gasteiger partial charge < -0.3 is 19.4 Å². The molecule has 152 valence electrons. The standard InChI is InChI=1S/C22H21N5O3/c1-12-20(30-21(25-12)13(2)28)22(29)27-10-9-16-18(24-11-23-16)19(27)17-8-7-14-5-3-4-6-15(14)26-17/h3-8,11,13,19,28H,9-10H2,1-2H3,(H,23,24)/t13-,19+/m1/s1. The molecule has 5 rings (SSSR count). The molecule has 0 aliphatic carbocycles. The van der Waals surface area contributed by atoms with Crippen molar-refractivity contribution < 1.29 is 14.3 Å². The van der Waals surface area contributed by atoms with Crippen molar-refractivity contribution >= 4 is 16.8 Å². The number of hydrogen-bond acceptors (Lipinski definition) is 6. The van der Waals surface area contributed by atoms with Crippen molar-refractivity contribution in [2.45, 2.75) is 32.4 Å². The number of oxazole rings is 1. The van der Waals surface area contributed by atoms with Crippen molar-refractivity contribution in [3.63, 3.8) is 0 Å². The maximum Gasteiger partial charge on any atom is 0.292 e. The van der Waals surface area contributed by atoms with Gasteiger partial charge in [0.25, 0.3) is 5.91 Å². The highest BCUT2D eigenvalue weighted by molar-refractivity contribution is 5.93. The minimum atomic E-state index is -0.887. The summed E-state index contributed by atoms with van der Waals surface area (Å²) >= 11 is 0. The fourth-order valence-corrected chi connectivity index (χ4v) is 3.95. The molecule has 3 aromatic heterocycles. The Hall–Kier alpha value is -3.52. The van der Waals surface area contributed by atoms with E-state index in [1.165, 1.54) is 0 Å². The number of carbonyl (C=O) groups is 1. The molecule has 0 saturated carbocycles. The van der Waals surface area contributed by atoms with Gasteiger partial charge in [0.2, 0.25) is 11.7 Å². The van der Waals surface area contributed by atoms with Crippen LogP contribution in [0.15, 0.2) is 47.1 Å². The summed E-state index contributed by atoms with van der Waals surface area (Å²) < 4.78 is 5.61. The average molecular weight is 403 g/mol. The number of aromatic nitrogens is 4. The van der Waals surface area contributed by atoms with Crippen LogP contribution in [0.2, 0.25) is 0 Å². The van der Waals surface area contributed by atoms with Crippen molar-refractivity contribution in [3.8, 4) is 0 Å². The van der Waals surface area contributed by atoms with Gasteiger partial charge in [-0.15, -0.1) is 0 Å². The Labute approximate surface area is 172 Å². The lowest BCUT2D eigenvalue weighted by molar-refractivity contribution is 0.0644. The van der Waals surface area contributed by atoms with Gasteiger partial charge in [-0.2, -0.15) is 0 Å². The van der Waals surface area contributed by atoms with E-state index in [4.69, 9.17) is 9.40 Å². The predicted octanol–water partition coefficient (Wildman–Crippen LogP) is 3.10. The lowest BCUT2D eigenvalue weighted by Gasteiger charge is -2.34. The molecular formula is C22H21N5O3. The van der Waals surface area contributed by atoms with Gasteiger partial charge in [0.05, 0.1) is 28.9 Å². The molecule has 0 fully saturated rings. The Bertz CT molecular complexity index is 1240. The summed E-state index contributed by atoms with van der Waals surface area (Å²) in [5.74, 6) is -0.0233. The maximum absolute atomic E-state index is 13.5. The topological polar surface area (TPSA) is 108 Å². The first-order valence-electron chi connectivity index (χ1n) is 9.87. The summed E-state index contributed by atoms with van der Waals surface area (Å²) in [7, 11) is 0. The second-order valence-electron chi connectivity index (χ2n) is 7.49. The van der Waals surface area contributed by atoms with Crippen LogP contribution in [0, 0.1) is 6.92 Å². The highest BCUT2D eigenvalue weighted by atomic mass is 16.4. The summed E-state index contributed by atoms with van der Waals surface area (Å²) in [5, 5.41) is 10.8. The van der Waals surface area contributed by atoms with Crippen LogP contribution in [0.1, 0.15) is 58.3 Å². The second kappa shape index (κ2) is 7.07. The number of nitrogens with one attached hydrogen (secondary N) is 1. The van der Waals surface area contributed by atoms with Gasteiger partial charge in [-0.05, 0) is 26.0 Å². The number of H-pyrrole nitrogens is 1. The van der Waals surface area contributed by atoms with E-state index in [1.54, 1.807) is 25.1 Å². The van der Waals surface area contributed by atoms with Crippen LogP contribution in [0.25, 0.3) is 10.9 Å². The normalized spacial score (nSPS) is 17.2. The van der Waals surface area contributed by atoms with Crippen molar-refractivity contribution in [3.05, 3.63) is 77.2 Å². The van der Waals surface area contributed by atoms with Crippen molar-refractivity contribution in [2.75, 3.05) is 6.54 Å². The number of carbonyl (C=O) groups excluding carboxylic acids is 1. The molecule has 2 N–H and O–H groups in total. The number of fused-ring (bicyclic) bond motifs is 2. The fourth-order valence-electron chi connectivity index (χ4n) is 3.95. The quantitative estimate of drug-likeness (QED) is 0.544. The molecule has 8 nitrogen and oxygen atoms in total. The highest BCUT2D eigenvalue weighted by Gasteiger charge is 2.37. The molecule has 4 heterocycles. The Morgan fingerprint density at radius 3 is 2.90 bits per heavy atom. The Morgan fingerprint density at radius 2 is 2.10 bits per heavy atom. The van der Waals surface area contributed by atoms with Gasteiger partial charge in [0.1, 0.15) is 12.1 Å². The zero-order valence-corrected chi connectivity index (χ0v) is 16.7. The number of aliphatic hydroxyl groups excluding tert-OH is 1. The van der Waals surface area contributed by atoms with E-state index in [0.717, 1.165) is 28.0 Å². The minimum Gasteiger partial charge on any atom is -0.432 e. The van der Waals surface area contributed by atoms with E-state index in [-0.39, 0.29) is 17.6 Å². The van der Waals surface area contributed by atoms with E-state index in [9.17, 15) is 9.90 Å². The average Bonchev–Trinajstić information content (AvgIpc) is 3.38. The minimum absolute atomic E-state index is 0.133. The van der Waals surface area contributed by atoms with Gasteiger partial charge in [0, 0.05) is 24.0 Å². The molecule has 1 aliphatic rings. The van der Waals surface area contributed by atoms with Crippen molar-refractivity contribution in [1.82, 2.24) is 24.8 Å². The number of amides is 1. The van der Waals surface area contributed by atoms with Crippen molar-refractivity contribution in [1.29, 1.82) is 0 Å². The van der Waals surface area contributed by atoms with E-state index in [0.29, 0.717) is 18.7 Å². The van der Waals surface area contributed by atoms with Gasteiger partial charge >= 0.3 is 0 Å². The van der Waals surface area contributed by atoms with Gasteiger partial charge in [0.15, 0.2) is 0 Å². The first-order chi connectivity index (χ1) is 14.5. The molecule has 0 spiro atoms. The largest absolute Gasteiger partial charge is 0.432 e. The van der Waals surface area contributed by atoms with Crippen LogP contribution in [0.3, 0.4) is 0 Å². The summed E-state index contributed by atoms with van der Waals surface area (Å²) in [4.78, 5) is 31.9. The molecular weight excluding hydrogens is 382 g/mol. The molecule has 1 aliphatic heterocycles. The van der Waals surface area contributed by atoms with Gasteiger partial charge in [-0.1, -0.05) is 24.3 Å². The monoisotopic (exact) mass is 403 g/mol. The Kier molecular flexibility index (Phi) is 4.36. The predicted molar refractivity (Wildman–Crippen MR) is 109 cm³/mol. The number of hydrogen-bond donors (Lipinski definition) is 2. The molecule has 0 unspecified atom stereocenters. The Morgan fingerprint density at radius 1 is 1.27 bits per heavy atom. The SMILES string of the molecule is Cc1nc([C@@H](C)O)oc1C(=O)N1CCc2[nH]cnc2[C@@H]1c1ccc2ccccc2n1. The molecule has 30 heavy (non-hydrogen) atoms. The first kappa shape index (κ1) is 18.5. The second-order valence-corrected chi connectivity index (χ2v) is 7.49. The number of para-hydroxylation sites is 1. The van der Waals surface area contributed by atoms with Crippen LogP contribution in [0.4, 0.5) is 0 Å². The van der Waals surface area contributed by atoms with Crippen molar-refractivity contribution in [2.24, 2.45) is 0 Å². The van der Waals surface area contributed by atoms with Crippen LogP contribution in [-0.4, -0.2) is 42.4 Å². The maximum atomic E-state index is 13.5. The molecule has 0 radical (unpaired) electrons. The van der Waals surface area contributed by atoms with E-state index in [1.807, 2.05) is 36.4 Å². The summed E-state index contributed by atoms with van der Waals surface area (Å²) in [6, 6.07) is 11.4. The number of aryl methyl sites for hydroxylation is 1. The molecule has 8 heteroatoms. The third-order valence-electron chi connectivity index (χ3n) is 5.45. The van der Waals surface area contributed by atoms with E-state index >= 15 is 0 Å². The lowest BCUT2D eigenvalue weighted by Crippen LogP contribution is -2.41. The molecule has 1 aromatic carbocycles. The number of aliphatic hydroxyl groups is 1. The number of aromatic amines is 1. The summed E-state index contributed by atoms with van der Waals surface area (Å²) in [6.45, 7) is 3.74. The molecule has 0 bridgehead atoms. The molecule has 2 atom stereocenters. The third kappa shape index (κ3) is 2.96. The van der Waals surface area contributed by atoms with Crippen LogP contribution < -0.4 is 0 Å². The number of nitrogens with zero attached hydrogens (tertiary/aromatic N) is 4. The fraction of sp³-hybridized carbons (Fsp3) is 0.273. The van der Waals surface area contributed by atoms with Crippen LogP contribution in [-0.2, 0) is 6.42 Å². The number of imidazole rings is 1. The van der Waals surface area contributed by atoms with Gasteiger partial charge in [-0.3, -0.25) is 9.78 Å². The summed E-state index contributed by atoms with van der Waals surface area (Å²) in [5.41, 5.74) is 3.83. The van der Waals surface area contributed by atoms with E-state index in [2.05, 4.69) is 15.0 Å². The lowest BCUT2D eigenvalue weighted by atomic mass is 9.98. The highest BCUT2D eigenvalue weighted by Crippen LogP contribution is 2.35. The molecule has 4 aromatic rings. The Balaban J connectivity index is 1.60. The number of rotatable bonds is 3. The van der Waals surface area contributed by atoms with Gasteiger partial charge in [-0.25, -0.2) is 9.97 Å². The number of benzene rings is 1. The smallest absolute Gasteiger partial charge is 0.292 e. The molecule has 0 saturated heterocycles. The summed E-state index contributed by atoms with van der Waals surface area (Å²) in [6.07, 6.45) is 1.42. The van der Waals surface area contributed by atoms with E-state index < -0.39 is 12.1 Å². The zero-order valence-electron chi connectivity index (χ0n) is 16.7. The van der Waals surface area contributed by atoms with Crippen LogP contribution >= 0.6 is 0 Å². The molecule has 1 amide bonds.